The summed E-state index contributed by atoms with van der Waals surface area (Å²) in [6.45, 7) is 2.51. The summed E-state index contributed by atoms with van der Waals surface area (Å²) in [6.07, 6.45) is 0.843. The van der Waals surface area contributed by atoms with E-state index in [2.05, 4.69) is 15.3 Å². The zero-order valence-corrected chi connectivity index (χ0v) is 11.1. The van der Waals surface area contributed by atoms with Crippen LogP contribution in [0.2, 0.25) is 0 Å². The molecule has 0 amide bonds. The van der Waals surface area contributed by atoms with Gasteiger partial charge in [0.2, 0.25) is 5.95 Å². The standard InChI is InChI=1S/C15H14N4O/c1-10-8-11(9-16)18-15(17-10)19-13-6-7-20-14-5-3-2-4-12(13)14/h2-5,8,13H,6-7H2,1H3,(H,17,18,19). The van der Waals surface area contributed by atoms with E-state index in [1.165, 1.54) is 0 Å². The molecule has 0 radical (unpaired) electrons. The number of nitriles is 1. The number of hydrogen-bond donors (Lipinski definition) is 1. The van der Waals surface area contributed by atoms with Gasteiger partial charge >= 0.3 is 0 Å². The third-order valence-corrected chi connectivity index (χ3v) is 3.23. The van der Waals surface area contributed by atoms with Gasteiger partial charge in [-0.05, 0) is 19.1 Å². The Morgan fingerprint density at radius 1 is 1.35 bits per heavy atom. The van der Waals surface area contributed by atoms with E-state index in [1.54, 1.807) is 6.07 Å². The highest BCUT2D eigenvalue weighted by Crippen LogP contribution is 2.33. The quantitative estimate of drug-likeness (QED) is 0.904. The van der Waals surface area contributed by atoms with Gasteiger partial charge < -0.3 is 10.1 Å². The van der Waals surface area contributed by atoms with Crippen molar-refractivity contribution in [2.75, 3.05) is 11.9 Å². The minimum absolute atomic E-state index is 0.105. The van der Waals surface area contributed by atoms with Crippen molar-refractivity contribution in [3.8, 4) is 11.8 Å². The molecular weight excluding hydrogens is 252 g/mol. The first-order valence-corrected chi connectivity index (χ1v) is 6.50. The van der Waals surface area contributed by atoms with E-state index >= 15 is 0 Å². The number of anilines is 1. The second-order valence-corrected chi connectivity index (χ2v) is 4.70. The largest absolute Gasteiger partial charge is 0.493 e. The Labute approximate surface area is 117 Å². The van der Waals surface area contributed by atoms with E-state index in [-0.39, 0.29) is 6.04 Å². The van der Waals surface area contributed by atoms with Crippen LogP contribution in [-0.4, -0.2) is 16.6 Å². The van der Waals surface area contributed by atoms with Crippen LogP contribution in [-0.2, 0) is 0 Å². The SMILES string of the molecule is Cc1cc(C#N)nc(NC2CCOc3ccccc32)n1. The van der Waals surface area contributed by atoms with Crippen LogP contribution >= 0.6 is 0 Å². The molecule has 0 bridgehead atoms. The topological polar surface area (TPSA) is 70.8 Å². The van der Waals surface area contributed by atoms with Crippen LogP contribution in [0.25, 0.3) is 0 Å². The number of ether oxygens (including phenoxy) is 1. The summed E-state index contributed by atoms with van der Waals surface area (Å²) in [5, 5.41) is 12.3. The number of aryl methyl sites for hydroxylation is 1. The van der Waals surface area contributed by atoms with Crippen molar-refractivity contribution in [1.82, 2.24) is 9.97 Å². The fourth-order valence-electron chi connectivity index (χ4n) is 2.34. The maximum atomic E-state index is 8.96. The molecule has 5 heteroatoms. The van der Waals surface area contributed by atoms with Crippen LogP contribution < -0.4 is 10.1 Å². The number of nitrogens with zero attached hydrogens (tertiary/aromatic N) is 3. The number of para-hydroxylation sites is 1. The highest BCUT2D eigenvalue weighted by Gasteiger charge is 2.21. The molecule has 2 heterocycles. The van der Waals surface area contributed by atoms with E-state index < -0.39 is 0 Å². The summed E-state index contributed by atoms with van der Waals surface area (Å²) in [7, 11) is 0. The van der Waals surface area contributed by atoms with Crippen LogP contribution in [0.4, 0.5) is 5.95 Å². The van der Waals surface area contributed by atoms with Crippen molar-refractivity contribution in [2.45, 2.75) is 19.4 Å². The van der Waals surface area contributed by atoms with Gasteiger partial charge in [0, 0.05) is 17.7 Å². The summed E-state index contributed by atoms with van der Waals surface area (Å²) in [5.74, 6) is 1.38. The van der Waals surface area contributed by atoms with E-state index in [9.17, 15) is 0 Å². The zero-order chi connectivity index (χ0) is 13.9. The molecule has 0 saturated heterocycles. The van der Waals surface area contributed by atoms with E-state index in [0.717, 1.165) is 23.4 Å². The minimum Gasteiger partial charge on any atom is -0.493 e. The zero-order valence-electron chi connectivity index (χ0n) is 11.1. The second-order valence-electron chi connectivity index (χ2n) is 4.70. The summed E-state index contributed by atoms with van der Waals surface area (Å²) in [4.78, 5) is 8.53. The van der Waals surface area contributed by atoms with Gasteiger partial charge in [0.15, 0.2) is 0 Å². The molecule has 1 N–H and O–H groups in total. The first-order chi connectivity index (χ1) is 9.76. The Hall–Kier alpha value is -2.61. The Kier molecular flexibility index (Phi) is 3.21. The lowest BCUT2D eigenvalue weighted by Crippen LogP contribution is -2.21. The van der Waals surface area contributed by atoms with Crippen molar-refractivity contribution in [2.24, 2.45) is 0 Å². The number of rotatable bonds is 2. The predicted molar refractivity (Wildman–Crippen MR) is 74.4 cm³/mol. The summed E-state index contributed by atoms with van der Waals surface area (Å²) < 4.78 is 5.63. The lowest BCUT2D eigenvalue weighted by atomic mass is 10.0. The smallest absolute Gasteiger partial charge is 0.224 e. The third-order valence-electron chi connectivity index (χ3n) is 3.23. The molecule has 1 unspecified atom stereocenters. The number of nitrogens with one attached hydrogen (secondary N) is 1. The first kappa shape index (κ1) is 12.4. The Balaban J connectivity index is 1.89. The molecule has 20 heavy (non-hydrogen) atoms. The second kappa shape index (κ2) is 5.17. The predicted octanol–water partition coefficient (Wildman–Crippen LogP) is 2.59. The average molecular weight is 266 g/mol. The molecule has 2 aromatic rings. The van der Waals surface area contributed by atoms with Gasteiger partial charge in [-0.15, -0.1) is 0 Å². The van der Waals surface area contributed by atoms with E-state index in [4.69, 9.17) is 10.00 Å². The molecule has 3 rings (SSSR count). The monoisotopic (exact) mass is 266 g/mol. The normalized spacial score (nSPS) is 16.7. The van der Waals surface area contributed by atoms with Crippen LogP contribution in [0.1, 0.15) is 29.4 Å². The van der Waals surface area contributed by atoms with Gasteiger partial charge in [0.25, 0.3) is 0 Å². The van der Waals surface area contributed by atoms with Crippen LogP contribution in [0.3, 0.4) is 0 Å². The molecule has 5 nitrogen and oxygen atoms in total. The van der Waals surface area contributed by atoms with Gasteiger partial charge in [-0.1, -0.05) is 18.2 Å². The molecule has 0 spiro atoms. The molecule has 0 saturated carbocycles. The summed E-state index contributed by atoms with van der Waals surface area (Å²) in [6, 6.07) is 11.8. The number of benzene rings is 1. The fourth-order valence-corrected chi connectivity index (χ4v) is 2.34. The maximum absolute atomic E-state index is 8.96. The Bertz CT molecular complexity index is 678. The number of hydrogen-bond acceptors (Lipinski definition) is 5. The molecule has 1 aliphatic heterocycles. The van der Waals surface area contributed by atoms with Gasteiger partial charge in [0.1, 0.15) is 17.5 Å². The van der Waals surface area contributed by atoms with Crippen LogP contribution in [0.15, 0.2) is 30.3 Å². The molecule has 0 aliphatic carbocycles. The van der Waals surface area contributed by atoms with Crippen molar-refractivity contribution < 1.29 is 4.74 Å². The van der Waals surface area contributed by atoms with Gasteiger partial charge in [-0.25, -0.2) is 9.97 Å². The Morgan fingerprint density at radius 2 is 2.20 bits per heavy atom. The Morgan fingerprint density at radius 3 is 3.05 bits per heavy atom. The highest BCUT2D eigenvalue weighted by molar-refractivity contribution is 5.43. The molecule has 1 aromatic carbocycles. The maximum Gasteiger partial charge on any atom is 0.224 e. The fraction of sp³-hybridized carbons (Fsp3) is 0.267. The highest BCUT2D eigenvalue weighted by atomic mass is 16.5. The molecule has 0 fully saturated rings. The minimum atomic E-state index is 0.105. The molecule has 100 valence electrons. The van der Waals surface area contributed by atoms with Crippen molar-refractivity contribution >= 4 is 5.95 Å². The van der Waals surface area contributed by atoms with Gasteiger partial charge in [-0.2, -0.15) is 5.26 Å². The van der Waals surface area contributed by atoms with Crippen molar-refractivity contribution in [1.29, 1.82) is 5.26 Å². The molecule has 1 aliphatic rings. The van der Waals surface area contributed by atoms with Crippen molar-refractivity contribution in [3.63, 3.8) is 0 Å². The molecule has 1 atom stereocenters. The van der Waals surface area contributed by atoms with Crippen LogP contribution in [0, 0.1) is 18.3 Å². The molecule has 1 aromatic heterocycles. The van der Waals surface area contributed by atoms with E-state index in [0.29, 0.717) is 18.2 Å². The lowest BCUT2D eigenvalue weighted by Gasteiger charge is -2.26. The third kappa shape index (κ3) is 2.41. The molecular formula is C15H14N4O. The van der Waals surface area contributed by atoms with Gasteiger partial charge in [-0.3, -0.25) is 0 Å². The summed E-state index contributed by atoms with van der Waals surface area (Å²) in [5.41, 5.74) is 2.25. The lowest BCUT2D eigenvalue weighted by molar-refractivity contribution is 0.274. The van der Waals surface area contributed by atoms with Crippen molar-refractivity contribution in [3.05, 3.63) is 47.3 Å². The first-order valence-electron chi connectivity index (χ1n) is 6.50. The average Bonchev–Trinajstić information content (AvgIpc) is 2.47. The van der Waals surface area contributed by atoms with E-state index in [1.807, 2.05) is 37.3 Å². The number of aromatic nitrogens is 2. The summed E-state index contributed by atoms with van der Waals surface area (Å²) >= 11 is 0. The van der Waals surface area contributed by atoms with Crippen LogP contribution in [0.5, 0.6) is 5.75 Å². The number of fused-ring (bicyclic) bond motifs is 1. The van der Waals surface area contributed by atoms with Gasteiger partial charge in [0.05, 0.1) is 12.6 Å².